The first-order valence-electron chi connectivity index (χ1n) is 7.14. The van der Waals surface area contributed by atoms with Crippen molar-refractivity contribution in [3.05, 3.63) is 0 Å². The first kappa shape index (κ1) is 15.4. The summed E-state index contributed by atoms with van der Waals surface area (Å²) in [7, 11) is 4.22. The van der Waals surface area contributed by atoms with Gasteiger partial charge in [0.2, 0.25) is 5.91 Å². The normalized spacial score (nSPS) is 21.1. The molecule has 1 aliphatic heterocycles. The van der Waals surface area contributed by atoms with Crippen LogP contribution in [-0.4, -0.2) is 55.5 Å². The molecule has 0 aliphatic carbocycles. The van der Waals surface area contributed by atoms with Crippen LogP contribution in [0.15, 0.2) is 0 Å². The highest BCUT2D eigenvalue weighted by Crippen LogP contribution is 2.19. The molecule has 0 spiro atoms. The third-order valence-electron chi connectivity index (χ3n) is 4.09. The van der Waals surface area contributed by atoms with E-state index in [2.05, 4.69) is 32.8 Å². The lowest BCUT2D eigenvalue weighted by atomic mass is 9.94. The Labute approximate surface area is 111 Å². The van der Waals surface area contributed by atoms with Crippen LogP contribution in [0.3, 0.4) is 0 Å². The Morgan fingerprint density at radius 3 is 2.39 bits per heavy atom. The number of piperidine rings is 1. The molecule has 4 nitrogen and oxygen atoms in total. The summed E-state index contributed by atoms with van der Waals surface area (Å²) in [6, 6.07) is -0.319. The van der Waals surface area contributed by atoms with E-state index in [4.69, 9.17) is 5.73 Å². The van der Waals surface area contributed by atoms with Gasteiger partial charge < -0.3 is 15.5 Å². The van der Waals surface area contributed by atoms with Gasteiger partial charge in [0.25, 0.3) is 0 Å². The Hall–Kier alpha value is -0.610. The quantitative estimate of drug-likeness (QED) is 0.802. The molecular weight excluding hydrogens is 226 g/mol. The molecule has 1 aliphatic rings. The van der Waals surface area contributed by atoms with Gasteiger partial charge >= 0.3 is 0 Å². The molecule has 18 heavy (non-hydrogen) atoms. The molecule has 2 atom stereocenters. The number of amides is 1. The van der Waals surface area contributed by atoms with Gasteiger partial charge in [-0.1, -0.05) is 20.3 Å². The number of nitrogens with two attached hydrogens (primary N) is 1. The van der Waals surface area contributed by atoms with E-state index in [0.717, 1.165) is 44.8 Å². The summed E-state index contributed by atoms with van der Waals surface area (Å²) < 4.78 is 0. The molecule has 1 saturated heterocycles. The van der Waals surface area contributed by atoms with Crippen molar-refractivity contribution >= 4 is 5.91 Å². The Bertz CT molecular complexity index is 260. The third kappa shape index (κ3) is 4.25. The van der Waals surface area contributed by atoms with Crippen molar-refractivity contribution in [3.8, 4) is 0 Å². The standard InChI is InChI=1S/C14H29N3O/c1-5-11(2)13(15)14(18)17-8-6-12(7-9-17)10-16(3)4/h11-13H,5-10,15H2,1-4H3/t11-,13-/m0/s1. The molecule has 0 aromatic carbocycles. The number of likely N-dealkylation sites (tertiary alicyclic amines) is 1. The second-order valence-corrected chi connectivity index (χ2v) is 5.94. The second kappa shape index (κ2) is 7.10. The van der Waals surface area contributed by atoms with Gasteiger partial charge in [0.15, 0.2) is 0 Å². The number of hydrogen-bond acceptors (Lipinski definition) is 3. The van der Waals surface area contributed by atoms with Crippen molar-refractivity contribution in [3.63, 3.8) is 0 Å². The zero-order valence-corrected chi connectivity index (χ0v) is 12.4. The van der Waals surface area contributed by atoms with E-state index in [1.54, 1.807) is 0 Å². The highest BCUT2D eigenvalue weighted by atomic mass is 16.2. The highest BCUT2D eigenvalue weighted by Gasteiger charge is 2.28. The molecule has 0 radical (unpaired) electrons. The Morgan fingerprint density at radius 2 is 1.94 bits per heavy atom. The molecule has 106 valence electrons. The van der Waals surface area contributed by atoms with Crippen molar-refractivity contribution < 1.29 is 4.79 Å². The van der Waals surface area contributed by atoms with Gasteiger partial charge in [0, 0.05) is 19.6 Å². The van der Waals surface area contributed by atoms with E-state index < -0.39 is 0 Å². The van der Waals surface area contributed by atoms with Crippen LogP contribution in [0, 0.1) is 11.8 Å². The maximum atomic E-state index is 12.2. The van der Waals surface area contributed by atoms with Crippen LogP contribution >= 0.6 is 0 Å². The minimum absolute atomic E-state index is 0.146. The third-order valence-corrected chi connectivity index (χ3v) is 4.09. The van der Waals surface area contributed by atoms with Gasteiger partial charge in [0.1, 0.15) is 0 Å². The lowest BCUT2D eigenvalue weighted by Gasteiger charge is -2.35. The smallest absolute Gasteiger partial charge is 0.239 e. The molecule has 1 amide bonds. The van der Waals surface area contributed by atoms with Crippen LogP contribution in [0.1, 0.15) is 33.1 Å². The summed E-state index contributed by atoms with van der Waals surface area (Å²) in [4.78, 5) is 16.4. The summed E-state index contributed by atoms with van der Waals surface area (Å²) in [6.45, 7) is 7.02. The molecule has 0 bridgehead atoms. The number of rotatable bonds is 5. The molecule has 2 N–H and O–H groups in total. The number of hydrogen-bond donors (Lipinski definition) is 1. The van der Waals surface area contributed by atoms with E-state index in [9.17, 15) is 4.79 Å². The zero-order valence-electron chi connectivity index (χ0n) is 12.4. The fourth-order valence-electron chi connectivity index (χ4n) is 2.56. The van der Waals surface area contributed by atoms with Gasteiger partial charge in [-0.2, -0.15) is 0 Å². The number of carbonyl (C=O) groups excluding carboxylic acids is 1. The molecule has 0 aromatic rings. The first-order valence-corrected chi connectivity index (χ1v) is 7.14. The zero-order chi connectivity index (χ0) is 13.7. The first-order chi connectivity index (χ1) is 8.45. The van der Waals surface area contributed by atoms with Crippen LogP contribution in [0.4, 0.5) is 0 Å². The lowest BCUT2D eigenvalue weighted by molar-refractivity contribution is -0.135. The van der Waals surface area contributed by atoms with Gasteiger partial charge in [-0.25, -0.2) is 0 Å². The van der Waals surface area contributed by atoms with E-state index in [1.165, 1.54) is 0 Å². The minimum atomic E-state index is -0.319. The Balaban J connectivity index is 2.40. The second-order valence-electron chi connectivity index (χ2n) is 5.94. The van der Waals surface area contributed by atoms with Crippen molar-refractivity contribution in [2.45, 2.75) is 39.2 Å². The Kier molecular flexibility index (Phi) is 6.09. The number of nitrogens with zero attached hydrogens (tertiary/aromatic N) is 2. The fourth-order valence-corrected chi connectivity index (χ4v) is 2.56. The lowest BCUT2D eigenvalue weighted by Crippen LogP contribution is -2.50. The summed E-state index contributed by atoms with van der Waals surface area (Å²) in [5.41, 5.74) is 6.02. The predicted molar refractivity (Wildman–Crippen MR) is 75.3 cm³/mol. The molecule has 0 aromatic heterocycles. The van der Waals surface area contributed by atoms with Gasteiger partial charge in [-0.15, -0.1) is 0 Å². The maximum Gasteiger partial charge on any atom is 0.239 e. The van der Waals surface area contributed by atoms with Crippen molar-refractivity contribution in [2.75, 3.05) is 33.7 Å². The van der Waals surface area contributed by atoms with Crippen molar-refractivity contribution in [1.29, 1.82) is 0 Å². The molecule has 1 rings (SSSR count). The predicted octanol–water partition coefficient (Wildman–Crippen LogP) is 1.16. The molecule has 1 heterocycles. The van der Waals surface area contributed by atoms with E-state index in [1.807, 2.05) is 4.90 Å². The summed E-state index contributed by atoms with van der Waals surface area (Å²) in [6.07, 6.45) is 3.18. The van der Waals surface area contributed by atoms with Gasteiger partial charge in [-0.05, 0) is 38.8 Å². The Morgan fingerprint density at radius 1 is 1.39 bits per heavy atom. The van der Waals surface area contributed by atoms with Gasteiger partial charge in [-0.3, -0.25) is 4.79 Å². The average molecular weight is 255 g/mol. The van der Waals surface area contributed by atoms with Crippen LogP contribution < -0.4 is 5.73 Å². The molecule has 4 heteroatoms. The minimum Gasteiger partial charge on any atom is -0.341 e. The van der Waals surface area contributed by atoms with Crippen LogP contribution in [0.5, 0.6) is 0 Å². The number of carbonyl (C=O) groups is 1. The van der Waals surface area contributed by atoms with E-state index >= 15 is 0 Å². The average Bonchev–Trinajstić information content (AvgIpc) is 2.36. The fraction of sp³-hybridized carbons (Fsp3) is 0.929. The van der Waals surface area contributed by atoms with Gasteiger partial charge in [0.05, 0.1) is 6.04 Å². The molecule has 0 saturated carbocycles. The van der Waals surface area contributed by atoms with Crippen molar-refractivity contribution in [1.82, 2.24) is 9.80 Å². The van der Waals surface area contributed by atoms with Crippen LogP contribution in [0.2, 0.25) is 0 Å². The molecule has 0 unspecified atom stereocenters. The molecular formula is C14H29N3O. The summed E-state index contributed by atoms with van der Waals surface area (Å²) >= 11 is 0. The highest BCUT2D eigenvalue weighted by molar-refractivity contribution is 5.82. The molecule has 1 fully saturated rings. The van der Waals surface area contributed by atoms with E-state index in [-0.39, 0.29) is 17.9 Å². The summed E-state index contributed by atoms with van der Waals surface area (Å²) in [5.74, 6) is 1.15. The maximum absolute atomic E-state index is 12.2. The topological polar surface area (TPSA) is 49.6 Å². The monoisotopic (exact) mass is 255 g/mol. The largest absolute Gasteiger partial charge is 0.341 e. The van der Waals surface area contributed by atoms with Crippen LogP contribution in [0.25, 0.3) is 0 Å². The SMILES string of the molecule is CC[C@H](C)[C@H](N)C(=O)N1CCC(CN(C)C)CC1. The van der Waals surface area contributed by atoms with E-state index in [0.29, 0.717) is 0 Å². The van der Waals surface area contributed by atoms with Crippen molar-refractivity contribution in [2.24, 2.45) is 17.6 Å². The summed E-state index contributed by atoms with van der Waals surface area (Å²) in [5, 5.41) is 0. The van der Waals surface area contributed by atoms with Crippen LogP contribution in [-0.2, 0) is 4.79 Å².